The van der Waals surface area contributed by atoms with E-state index in [0.717, 1.165) is 43.0 Å². The van der Waals surface area contributed by atoms with Gasteiger partial charge in [0.05, 0.1) is 36.6 Å². The maximum absolute atomic E-state index is 13.2. The summed E-state index contributed by atoms with van der Waals surface area (Å²) in [5.74, 6) is 1.27. The van der Waals surface area contributed by atoms with Gasteiger partial charge in [-0.1, -0.05) is 0 Å². The van der Waals surface area contributed by atoms with Crippen molar-refractivity contribution in [2.45, 2.75) is 32.7 Å². The van der Waals surface area contributed by atoms with E-state index in [0.29, 0.717) is 43.1 Å². The van der Waals surface area contributed by atoms with Crippen LogP contribution in [0.15, 0.2) is 47.5 Å². The Morgan fingerprint density at radius 3 is 2.68 bits per heavy atom. The summed E-state index contributed by atoms with van der Waals surface area (Å²) in [6.45, 7) is 4.72. The van der Waals surface area contributed by atoms with Crippen LogP contribution in [-0.4, -0.2) is 58.0 Å². The lowest BCUT2D eigenvalue weighted by Gasteiger charge is -2.35. The monoisotopic (exact) mass is 461 g/mol. The maximum Gasteiger partial charge on any atom is 0.309 e. The van der Waals surface area contributed by atoms with E-state index in [2.05, 4.69) is 19.9 Å². The first-order valence-corrected chi connectivity index (χ1v) is 11.7. The molecule has 0 aliphatic carbocycles. The minimum atomic E-state index is -0.115. The Morgan fingerprint density at radius 2 is 1.97 bits per heavy atom. The van der Waals surface area contributed by atoms with Crippen LogP contribution in [0, 0.1) is 5.92 Å². The standard InChI is InChI=1S/C25H27N5O4/c1-2-33-25(32)17-7-10-29(11-8-17)23-19-15-30(12-9-20(19)27-16-28-23)24(31)18-5-6-21(26-14-18)22-4-3-13-34-22/h3-6,13-14,16-17H,2,7-12,15H2,1H3. The first-order chi connectivity index (χ1) is 16.6. The molecule has 176 valence electrons. The molecule has 9 nitrogen and oxygen atoms in total. The normalized spacial score (nSPS) is 16.3. The van der Waals surface area contributed by atoms with Crippen molar-refractivity contribution in [3.63, 3.8) is 0 Å². The zero-order chi connectivity index (χ0) is 23.5. The quantitative estimate of drug-likeness (QED) is 0.534. The van der Waals surface area contributed by atoms with E-state index in [9.17, 15) is 9.59 Å². The van der Waals surface area contributed by atoms with Crippen LogP contribution in [0.5, 0.6) is 0 Å². The fourth-order valence-corrected chi connectivity index (χ4v) is 4.63. The largest absolute Gasteiger partial charge is 0.466 e. The number of nitrogens with zero attached hydrogens (tertiary/aromatic N) is 5. The molecule has 5 rings (SSSR count). The van der Waals surface area contributed by atoms with Gasteiger partial charge in [-0.2, -0.15) is 0 Å². The lowest BCUT2D eigenvalue weighted by Crippen LogP contribution is -2.41. The van der Waals surface area contributed by atoms with E-state index in [1.54, 1.807) is 37.0 Å². The van der Waals surface area contributed by atoms with Crippen LogP contribution in [0.3, 0.4) is 0 Å². The van der Waals surface area contributed by atoms with Gasteiger partial charge in [-0.05, 0) is 44.0 Å². The molecule has 0 atom stereocenters. The highest BCUT2D eigenvalue weighted by Gasteiger charge is 2.31. The average molecular weight is 462 g/mol. The summed E-state index contributed by atoms with van der Waals surface area (Å²) in [6, 6.07) is 7.22. The minimum absolute atomic E-state index is 0.0661. The van der Waals surface area contributed by atoms with Gasteiger partial charge in [-0.25, -0.2) is 9.97 Å². The van der Waals surface area contributed by atoms with E-state index in [1.165, 1.54) is 0 Å². The van der Waals surface area contributed by atoms with Crippen LogP contribution in [0.4, 0.5) is 5.82 Å². The number of anilines is 1. The SMILES string of the molecule is CCOC(=O)C1CCN(c2ncnc3c2CN(C(=O)c2ccc(-c4ccco4)nc2)CC3)CC1. The van der Waals surface area contributed by atoms with Crippen molar-refractivity contribution in [2.24, 2.45) is 5.92 Å². The molecule has 0 spiro atoms. The van der Waals surface area contributed by atoms with Crippen molar-refractivity contribution < 1.29 is 18.7 Å². The number of pyridine rings is 1. The van der Waals surface area contributed by atoms with Gasteiger partial charge < -0.3 is 19.0 Å². The van der Waals surface area contributed by atoms with Crippen molar-refractivity contribution >= 4 is 17.7 Å². The molecule has 2 aliphatic rings. The van der Waals surface area contributed by atoms with Crippen LogP contribution in [0.1, 0.15) is 41.4 Å². The molecule has 3 aromatic rings. The van der Waals surface area contributed by atoms with Crippen LogP contribution in [0.25, 0.3) is 11.5 Å². The molecule has 1 fully saturated rings. The highest BCUT2D eigenvalue weighted by atomic mass is 16.5. The van der Waals surface area contributed by atoms with Gasteiger partial charge in [0, 0.05) is 37.8 Å². The number of amides is 1. The van der Waals surface area contributed by atoms with Crippen molar-refractivity contribution in [1.29, 1.82) is 0 Å². The van der Waals surface area contributed by atoms with E-state index in [4.69, 9.17) is 9.15 Å². The summed E-state index contributed by atoms with van der Waals surface area (Å²) < 4.78 is 10.6. The highest BCUT2D eigenvalue weighted by molar-refractivity contribution is 5.94. The maximum atomic E-state index is 13.2. The summed E-state index contributed by atoms with van der Waals surface area (Å²) in [6.07, 6.45) is 6.93. The number of furan rings is 1. The minimum Gasteiger partial charge on any atom is -0.466 e. The van der Waals surface area contributed by atoms with Gasteiger partial charge in [-0.3, -0.25) is 14.6 Å². The Bertz CT molecular complexity index is 1150. The third-order valence-corrected chi connectivity index (χ3v) is 6.47. The first kappa shape index (κ1) is 22.1. The Morgan fingerprint density at radius 1 is 1.12 bits per heavy atom. The van der Waals surface area contributed by atoms with Crippen molar-refractivity contribution in [3.8, 4) is 11.5 Å². The van der Waals surface area contributed by atoms with Gasteiger partial charge in [0.1, 0.15) is 17.8 Å². The third-order valence-electron chi connectivity index (χ3n) is 6.47. The van der Waals surface area contributed by atoms with Crippen LogP contribution < -0.4 is 4.90 Å². The predicted octanol–water partition coefficient (Wildman–Crippen LogP) is 3.11. The molecule has 34 heavy (non-hydrogen) atoms. The molecule has 9 heteroatoms. The molecule has 0 aromatic carbocycles. The van der Waals surface area contributed by atoms with Gasteiger partial charge in [-0.15, -0.1) is 0 Å². The van der Waals surface area contributed by atoms with E-state index >= 15 is 0 Å². The molecular weight excluding hydrogens is 434 g/mol. The lowest BCUT2D eigenvalue weighted by atomic mass is 9.96. The predicted molar refractivity (Wildman–Crippen MR) is 124 cm³/mol. The summed E-state index contributed by atoms with van der Waals surface area (Å²) in [4.78, 5) is 42.8. The van der Waals surface area contributed by atoms with Gasteiger partial charge in [0.25, 0.3) is 5.91 Å². The number of fused-ring (bicyclic) bond motifs is 1. The summed E-state index contributed by atoms with van der Waals surface area (Å²) in [5, 5.41) is 0. The molecule has 2 aliphatic heterocycles. The highest BCUT2D eigenvalue weighted by Crippen LogP contribution is 2.30. The molecule has 0 unspecified atom stereocenters. The van der Waals surface area contributed by atoms with Gasteiger partial charge >= 0.3 is 5.97 Å². The Labute approximate surface area is 197 Å². The number of hydrogen-bond donors (Lipinski definition) is 0. The zero-order valence-electron chi connectivity index (χ0n) is 19.1. The lowest BCUT2D eigenvalue weighted by molar-refractivity contribution is -0.148. The second kappa shape index (κ2) is 9.62. The Hall–Kier alpha value is -3.75. The smallest absolute Gasteiger partial charge is 0.309 e. The number of ether oxygens (including phenoxy) is 1. The number of carbonyl (C=O) groups excluding carboxylic acids is 2. The van der Waals surface area contributed by atoms with Gasteiger partial charge in [0.15, 0.2) is 5.76 Å². The van der Waals surface area contributed by atoms with Crippen molar-refractivity contribution in [1.82, 2.24) is 19.9 Å². The summed E-state index contributed by atoms with van der Waals surface area (Å²) >= 11 is 0. The van der Waals surface area contributed by atoms with Crippen LogP contribution >= 0.6 is 0 Å². The Balaban J connectivity index is 1.29. The van der Waals surface area contributed by atoms with E-state index in [1.807, 2.05) is 17.9 Å². The fraction of sp³-hybridized carbons (Fsp3) is 0.400. The Kier molecular flexibility index (Phi) is 6.24. The summed E-state index contributed by atoms with van der Waals surface area (Å²) in [5.41, 5.74) is 3.18. The molecule has 0 bridgehead atoms. The third kappa shape index (κ3) is 4.37. The molecule has 0 N–H and O–H groups in total. The van der Waals surface area contributed by atoms with Crippen LogP contribution in [-0.2, 0) is 22.5 Å². The first-order valence-electron chi connectivity index (χ1n) is 11.7. The second-order valence-corrected chi connectivity index (χ2v) is 8.52. The number of carbonyl (C=O) groups is 2. The number of rotatable bonds is 5. The molecule has 1 saturated heterocycles. The molecule has 3 aromatic heterocycles. The fourth-order valence-electron chi connectivity index (χ4n) is 4.63. The molecule has 0 radical (unpaired) electrons. The number of esters is 1. The van der Waals surface area contributed by atoms with Crippen molar-refractivity contribution in [2.75, 3.05) is 31.1 Å². The second-order valence-electron chi connectivity index (χ2n) is 8.52. The molecule has 5 heterocycles. The number of piperidine rings is 1. The number of hydrogen-bond acceptors (Lipinski definition) is 8. The van der Waals surface area contributed by atoms with Gasteiger partial charge in [0.2, 0.25) is 0 Å². The van der Waals surface area contributed by atoms with E-state index < -0.39 is 0 Å². The van der Waals surface area contributed by atoms with E-state index in [-0.39, 0.29) is 17.8 Å². The number of aromatic nitrogens is 3. The summed E-state index contributed by atoms with van der Waals surface area (Å²) in [7, 11) is 0. The molecule has 0 saturated carbocycles. The van der Waals surface area contributed by atoms with Crippen LogP contribution in [0.2, 0.25) is 0 Å². The molecular formula is C25H27N5O4. The molecule has 1 amide bonds. The zero-order valence-corrected chi connectivity index (χ0v) is 19.1. The average Bonchev–Trinajstić information content (AvgIpc) is 3.43. The topological polar surface area (TPSA) is 102 Å². The van der Waals surface area contributed by atoms with Crippen molar-refractivity contribution in [3.05, 3.63) is 59.9 Å².